The van der Waals surface area contributed by atoms with Gasteiger partial charge < -0.3 is 24.2 Å². The highest BCUT2D eigenvalue weighted by Gasteiger charge is 2.32. The molecule has 1 atom stereocenters. The summed E-state index contributed by atoms with van der Waals surface area (Å²) in [6.45, 7) is 1.05. The molecule has 8 nitrogen and oxygen atoms in total. The Balaban J connectivity index is 1.48. The molecule has 1 saturated heterocycles. The number of aliphatic hydroxyl groups excluding tert-OH is 1. The molecule has 2 amide bonds. The maximum atomic E-state index is 13.8. The molecule has 8 heteroatoms. The van der Waals surface area contributed by atoms with Crippen molar-refractivity contribution in [3.8, 4) is 22.6 Å². The Bertz CT molecular complexity index is 1260. The van der Waals surface area contributed by atoms with Gasteiger partial charge in [-0.25, -0.2) is 9.59 Å². The van der Waals surface area contributed by atoms with Crippen LogP contribution in [0.15, 0.2) is 66.7 Å². The molecule has 2 heterocycles. The van der Waals surface area contributed by atoms with Crippen molar-refractivity contribution in [3.63, 3.8) is 0 Å². The van der Waals surface area contributed by atoms with Gasteiger partial charge in [0.15, 0.2) is 11.5 Å². The predicted molar refractivity (Wildman–Crippen MR) is 134 cm³/mol. The molecule has 3 aromatic carbocycles. The zero-order chi connectivity index (χ0) is 25.1. The molecule has 0 radical (unpaired) electrons. The van der Waals surface area contributed by atoms with Gasteiger partial charge in [0.25, 0.3) is 0 Å². The molecule has 2 aliphatic rings. The molecule has 2 aliphatic heterocycles. The molecule has 186 valence electrons. The summed E-state index contributed by atoms with van der Waals surface area (Å²) in [5.41, 5.74) is 3.93. The first kappa shape index (κ1) is 23.7. The standard InChI is InChI=1S/C28H28N2O6/c1-34-27(32)20-9-7-19(8-10-20)16-30(28(33)29-13-3-6-24(29)17-31)23-5-2-4-21(14-23)22-11-12-25-26(15-22)36-18-35-25/h2,4-5,7-12,14-15,24,31H,3,6,13,16-18H2,1H3. The van der Waals surface area contributed by atoms with Gasteiger partial charge in [0.1, 0.15) is 0 Å². The number of amides is 2. The van der Waals surface area contributed by atoms with Crippen molar-refractivity contribution in [2.75, 3.05) is 32.0 Å². The van der Waals surface area contributed by atoms with Gasteiger partial charge in [-0.15, -0.1) is 0 Å². The quantitative estimate of drug-likeness (QED) is 0.516. The fourth-order valence-corrected chi connectivity index (χ4v) is 4.68. The number of anilines is 1. The number of benzene rings is 3. The van der Waals surface area contributed by atoms with Gasteiger partial charge >= 0.3 is 12.0 Å². The second-order valence-electron chi connectivity index (χ2n) is 8.85. The zero-order valence-corrected chi connectivity index (χ0v) is 20.1. The lowest BCUT2D eigenvalue weighted by atomic mass is 10.0. The lowest BCUT2D eigenvalue weighted by Crippen LogP contribution is -2.46. The van der Waals surface area contributed by atoms with Crippen LogP contribution in [-0.4, -0.2) is 55.1 Å². The van der Waals surface area contributed by atoms with Crippen LogP contribution in [0.4, 0.5) is 10.5 Å². The van der Waals surface area contributed by atoms with Gasteiger partial charge in [-0.05, 0) is 65.9 Å². The molecule has 5 rings (SSSR count). The van der Waals surface area contributed by atoms with E-state index in [0.29, 0.717) is 30.2 Å². The normalized spacial score (nSPS) is 16.2. The minimum atomic E-state index is -0.409. The second kappa shape index (κ2) is 10.3. The fourth-order valence-electron chi connectivity index (χ4n) is 4.68. The average molecular weight is 489 g/mol. The smallest absolute Gasteiger partial charge is 0.337 e. The third-order valence-corrected chi connectivity index (χ3v) is 6.64. The zero-order valence-electron chi connectivity index (χ0n) is 20.1. The van der Waals surface area contributed by atoms with E-state index in [2.05, 4.69) is 0 Å². The number of ether oxygens (including phenoxy) is 3. The molecule has 1 unspecified atom stereocenters. The number of methoxy groups -OCH3 is 1. The summed E-state index contributed by atoms with van der Waals surface area (Å²) in [4.78, 5) is 29.1. The first-order chi connectivity index (χ1) is 17.6. The Kier molecular flexibility index (Phi) is 6.77. The third kappa shape index (κ3) is 4.72. The van der Waals surface area contributed by atoms with E-state index < -0.39 is 5.97 Å². The Hall–Kier alpha value is -4.04. The Morgan fingerprint density at radius 1 is 1.03 bits per heavy atom. The third-order valence-electron chi connectivity index (χ3n) is 6.64. The van der Waals surface area contributed by atoms with E-state index in [-0.39, 0.29) is 25.5 Å². The summed E-state index contributed by atoms with van der Waals surface area (Å²) < 4.78 is 15.7. The number of hydrogen-bond acceptors (Lipinski definition) is 6. The summed E-state index contributed by atoms with van der Waals surface area (Å²) in [6, 6.07) is 20.2. The largest absolute Gasteiger partial charge is 0.465 e. The number of carbonyl (C=O) groups excluding carboxylic acids is 2. The number of hydrogen-bond donors (Lipinski definition) is 1. The monoisotopic (exact) mass is 488 g/mol. The van der Waals surface area contributed by atoms with E-state index in [1.54, 1.807) is 21.9 Å². The molecule has 3 aromatic rings. The second-order valence-corrected chi connectivity index (χ2v) is 8.85. The number of carbonyl (C=O) groups is 2. The van der Waals surface area contributed by atoms with Crippen molar-refractivity contribution in [1.29, 1.82) is 0 Å². The van der Waals surface area contributed by atoms with E-state index in [0.717, 1.165) is 35.2 Å². The van der Waals surface area contributed by atoms with E-state index in [1.807, 2.05) is 54.6 Å². The molecule has 36 heavy (non-hydrogen) atoms. The van der Waals surface area contributed by atoms with Crippen molar-refractivity contribution < 1.29 is 28.9 Å². The van der Waals surface area contributed by atoms with E-state index in [1.165, 1.54) is 7.11 Å². The first-order valence-corrected chi connectivity index (χ1v) is 11.9. The molecule has 1 fully saturated rings. The molecule has 0 aliphatic carbocycles. The van der Waals surface area contributed by atoms with Gasteiger partial charge in [-0.2, -0.15) is 0 Å². The van der Waals surface area contributed by atoms with Gasteiger partial charge in [0.05, 0.1) is 31.9 Å². The highest BCUT2D eigenvalue weighted by Crippen LogP contribution is 2.37. The summed E-state index contributed by atoms with van der Waals surface area (Å²) in [7, 11) is 1.34. The fraction of sp³-hybridized carbons (Fsp3) is 0.286. The van der Waals surface area contributed by atoms with Gasteiger partial charge in [-0.3, -0.25) is 4.90 Å². The number of likely N-dealkylation sites (tertiary alicyclic amines) is 1. The van der Waals surface area contributed by atoms with Crippen molar-refractivity contribution in [1.82, 2.24) is 4.90 Å². The SMILES string of the molecule is COC(=O)c1ccc(CN(C(=O)N2CCCC2CO)c2cccc(-c3ccc4c(c3)OCO4)c2)cc1. The van der Waals surface area contributed by atoms with Crippen molar-refractivity contribution in [2.24, 2.45) is 0 Å². The highest BCUT2D eigenvalue weighted by molar-refractivity contribution is 5.93. The van der Waals surface area contributed by atoms with Crippen LogP contribution in [0, 0.1) is 0 Å². The lowest BCUT2D eigenvalue weighted by molar-refractivity contribution is 0.0600. The number of rotatable bonds is 6. The van der Waals surface area contributed by atoms with Crippen LogP contribution < -0.4 is 14.4 Å². The van der Waals surface area contributed by atoms with E-state index in [9.17, 15) is 14.7 Å². The highest BCUT2D eigenvalue weighted by atomic mass is 16.7. The molecule has 0 spiro atoms. The summed E-state index contributed by atoms with van der Waals surface area (Å²) in [5, 5.41) is 9.82. The first-order valence-electron chi connectivity index (χ1n) is 11.9. The van der Waals surface area contributed by atoms with Crippen LogP contribution in [-0.2, 0) is 11.3 Å². The van der Waals surface area contributed by atoms with Crippen LogP contribution >= 0.6 is 0 Å². The number of nitrogens with zero attached hydrogens (tertiary/aromatic N) is 2. The van der Waals surface area contributed by atoms with Crippen molar-refractivity contribution >= 4 is 17.7 Å². The van der Waals surface area contributed by atoms with Gasteiger partial charge in [-0.1, -0.05) is 30.3 Å². The molecule has 1 N–H and O–H groups in total. The molecule has 0 saturated carbocycles. The average Bonchev–Trinajstić information content (AvgIpc) is 3.60. The van der Waals surface area contributed by atoms with Crippen molar-refractivity contribution in [3.05, 3.63) is 77.9 Å². The minimum Gasteiger partial charge on any atom is -0.465 e. The number of aliphatic hydroxyl groups is 1. The van der Waals surface area contributed by atoms with Crippen LogP contribution in [0.2, 0.25) is 0 Å². The van der Waals surface area contributed by atoms with Gasteiger partial charge in [0, 0.05) is 12.2 Å². The molecular formula is C28H28N2O6. The topological polar surface area (TPSA) is 88.5 Å². The van der Waals surface area contributed by atoms with Crippen LogP contribution in [0.25, 0.3) is 11.1 Å². The van der Waals surface area contributed by atoms with E-state index in [4.69, 9.17) is 14.2 Å². The summed E-state index contributed by atoms with van der Waals surface area (Å²) in [5.74, 6) is 0.999. The number of esters is 1. The molecule has 0 aromatic heterocycles. The Morgan fingerprint density at radius 3 is 2.58 bits per heavy atom. The maximum absolute atomic E-state index is 13.8. The molecular weight excluding hydrogens is 460 g/mol. The van der Waals surface area contributed by atoms with Crippen LogP contribution in [0.1, 0.15) is 28.8 Å². The predicted octanol–water partition coefficient (Wildman–Crippen LogP) is 4.45. The summed E-state index contributed by atoms with van der Waals surface area (Å²) in [6.07, 6.45) is 1.64. The molecule has 0 bridgehead atoms. The summed E-state index contributed by atoms with van der Waals surface area (Å²) >= 11 is 0. The Labute approximate surface area is 209 Å². The lowest BCUT2D eigenvalue weighted by Gasteiger charge is -2.31. The van der Waals surface area contributed by atoms with E-state index >= 15 is 0 Å². The van der Waals surface area contributed by atoms with Crippen LogP contribution in [0.5, 0.6) is 11.5 Å². The van der Waals surface area contributed by atoms with Gasteiger partial charge in [0.2, 0.25) is 6.79 Å². The van der Waals surface area contributed by atoms with Crippen LogP contribution in [0.3, 0.4) is 0 Å². The number of fused-ring (bicyclic) bond motifs is 1. The maximum Gasteiger partial charge on any atom is 0.337 e. The van der Waals surface area contributed by atoms with Crippen molar-refractivity contribution in [2.45, 2.75) is 25.4 Å². The number of urea groups is 1. The minimum absolute atomic E-state index is 0.0648. The Morgan fingerprint density at radius 2 is 1.81 bits per heavy atom.